The average Bonchev–Trinajstić information content (AvgIpc) is 2.23. The quantitative estimate of drug-likeness (QED) is 0.607. The summed E-state index contributed by atoms with van der Waals surface area (Å²) in [6.45, 7) is 5.27. The molecule has 1 rings (SSSR count). The fourth-order valence-electron chi connectivity index (χ4n) is 2.12. The van der Waals surface area contributed by atoms with E-state index in [1.165, 1.54) is 6.42 Å². The van der Waals surface area contributed by atoms with Gasteiger partial charge in [0.25, 0.3) is 0 Å². The maximum atomic E-state index is 12.0. The zero-order valence-electron chi connectivity index (χ0n) is 10.5. The molecule has 0 heterocycles. The lowest BCUT2D eigenvalue weighted by Crippen LogP contribution is -2.47. The first-order valence-electron chi connectivity index (χ1n) is 6.23. The molecule has 0 aromatic carbocycles. The van der Waals surface area contributed by atoms with Crippen LogP contribution in [0.25, 0.3) is 0 Å². The number of nitrogens with one attached hydrogen (secondary N) is 2. The summed E-state index contributed by atoms with van der Waals surface area (Å²) in [6, 6.07) is 0. The van der Waals surface area contributed by atoms with E-state index >= 15 is 0 Å². The maximum absolute atomic E-state index is 12.0. The van der Waals surface area contributed by atoms with E-state index in [1.54, 1.807) is 7.11 Å². The highest BCUT2D eigenvalue weighted by Crippen LogP contribution is 2.44. The van der Waals surface area contributed by atoms with Gasteiger partial charge in [0.15, 0.2) is 0 Å². The van der Waals surface area contributed by atoms with Crippen molar-refractivity contribution in [1.29, 1.82) is 0 Å². The van der Waals surface area contributed by atoms with Gasteiger partial charge < -0.3 is 15.4 Å². The van der Waals surface area contributed by atoms with Crippen molar-refractivity contribution < 1.29 is 9.53 Å². The van der Waals surface area contributed by atoms with Gasteiger partial charge in [-0.05, 0) is 25.8 Å². The smallest absolute Gasteiger partial charge is 0.226 e. The Bertz CT molecular complexity index is 215. The molecule has 0 bridgehead atoms. The van der Waals surface area contributed by atoms with Gasteiger partial charge in [-0.1, -0.05) is 13.3 Å². The van der Waals surface area contributed by atoms with Gasteiger partial charge >= 0.3 is 0 Å². The predicted molar refractivity (Wildman–Crippen MR) is 64.3 cm³/mol. The molecule has 1 aliphatic carbocycles. The number of hydrogen-bond donors (Lipinski definition) is 2. The van der Waals surface area contributed by atoms with Gasteiger partial charge in [-0.3, -0.25) is 4.79 Å². The van der Waals surface area contributed by atoms with Crippen molar-refractivity contribution in [3.05, 3.63) is 0 Å². The van der Waals surface area contributed by atoms with Gasteiger partial charge in [0.2, 0.25) is 5.91 Å². The van der Waals surface area contributed by atoms with Crippen molar-refractivity contribution in [2.24, 2.45) is 5.41 Å². The number of carbonyl (C=O) groups is 1. The van der Waals surface area contributed by atoms with Crippen LogP contribution in [0.3, 0.4) is 0 Å². The molecule has 4 heteroatoms. The summed E-state index contributed by atoms with van der Waals surface area (Å²) in [5, 5.41) is 6.21. The summed E-state index contributed by atoms with van der Waals surface area (Å²) in [5.41, 5.74) is -0.123. The van der Waals surface area contributed by atoms with Crippen molar-refractivity contribution >= 4 is 5.91 Å². The van der Waals surface area contributed by atoms with E-state index in [-0.39, 0.29) is 11.3 Å². The minimum atomic E-state index is -0.123. The SMILES string of the molecule is CCNCCNC(=O)C1(CCOC)CCC1. The first-order valence-corrected chi connectivity index (χ1v) is 6.23. The molecule has 0 atom stereocenters. The van der Waals surface area contributed by atoms with Crippen LogP contribution >= 0.6 is 0 Å². The highest BCUT2D eigenvalue weighted by atomic mass is 16.5. The van der Waals surface area contributed by atoms with Gasteiger partial charge in [0.1, 0.15) is 0 Å². The highest BCUT2D eigenvalue weighted by molar-refractivity contribution is 5.83. The zero-order valence-corrected chi connectivity index (χ0v) is 10.5. The molecule has 0 aromatic rings. The number of methoxy groups -OCH3 is 1. The molecule has 0 unspecified atom stereocenters. The molecule has 0 saturated heterocycles. The van der Waals surface area contributed by atoms with E-state index in [2.05, 4.69) is 17.6 Å². The molecule has 1 amide bonds. The van der Waals surface area contributed by atoms with E-state index < -0.39 is 0 Å². The lowest BCUT2D eigenvalue weighted by molar-refractivity contribution is -0.137. The van der Waals surface area contributed by atoms with Gasteiger partial charge in [0, 0.05) is 26.8 Å². The maximum Gasteiger partial charge on any atom is 0.226 e. The number of likely N-dealkylation sites (N-methyl/N-ethyl adjacent to an activating group) is 1. The molecule has 2 N–H and O–H groups in total. The molecule has 0 radical (unpaired) electrons. The largest absolute Gasteiger partial charge is 0.385 e. The van der Waals surface area contributed by atoms with Crippen LogP contribution in [0.2, 0.25) is 0 Å². The monoisotopic (exact) mass is 228 g/mol. The minimum absolute atomic E-state index is 0.123. The van der Waals surface area contributed by atoms with Gasteiger partial charge in [-0.15, -0.1) is 0 Å². The van der Waals surface area contributed by atoms with Crippen molar-refractivity contribution in [3.63, 3.8) is 0 Å². The number of amides is 1. The summed E-state index contributed by atoms with van der Waals surface area (Å²) < 4.78 is 5.07. The summed E-state index contributed by atoms with van der Waals surface area (Å²) in [4.78, 5) is 12.0. The molecule has 4 nitrogen and oxygen atoms in total. The lowest BCUT2D eigenvalue weighted by Gasteiger charge is -2.40. The van der Waals surface area contributed by atoms with Crippen LogP contribution in [0.5, 0.6) is 0 Å². The average molecular weight is 228 g/mol. The molecule has 0 aliphatic heterocycles. The molecule has 1 saturated carbocycles. The second-order valence-electron chi connectivity index (χ2n) is 4.49. The lowest BCUT2D eigenvalue weighted by atomic mass is 9.66. The van der Waals surface area contributed by atoms with Crippen LogP contribution in [0.4, 0.5) is 0 Å². The number of hydrogen-bond acceptors (Lipinski definition) is 3. The van der Waals surface area contributed by atoms with E-state index in [4.69, 9.17) is 4.74 Å². The summed E-state index contributed by atoms with van der Waals surface area (Å²) in [6.07, 6.45) is 4.06. The Labute approximate surface area is 98.1 Å². The number of ether oxygens (including phenoxy) is 1. The third-order valence-corrected chi connectivity index (χ3v) is 3.41. The number of rotatable bonds is 8. The third-order valence-electron chi connectivity index (χ3n) is 3.41. The summed E-state index contributed by atoms with van der Waals surface area (Å²) in [5.74, 6) is 0.216. The Morgan fingerprint density at radius 2 is 2.12 bits per heavy atom. The standard InChI is InChI=1S/C12H24N2O2/c1-3-13-8-9-14-11(15)12(5-4-6-12)7-10-16-2/h13H,3-10H2,1-2H3,(H,14,15). The van der Waals surface area contributed by atoms with Crippen molar-refractivity contribution in [1.82, 2.24) is 10.6 Å². The second-order valence-corrected chi connectivity index (χ2v) is 4.49. The molecule has 1 aliphatic rings. The van der Waals surface area contributed by atoms with Crippen LogP contribution in [0.15, 0.2) is 0 Å². The Balaban J connectivity index is 2.26. The molecule has 94 valence electrons. The molecule has 16 heavy (non-hydrogen) atoms. The fraction of sp³-hybridized carbons (Fsp3) is 0.917. The minimum Gasteiger partial charge on any atom is -0.385 e. The van der Waals surface area contributed by atoms with E-state index in [0.29, 0.717) is 6.61 Å². The Morgan fingerprint density at radius 1 is 1.38 bits per heavy atom. The first-order chi connectivity index (χ1) is 7.75. The van der Waals surface area contributed by atoms with Crippen LogP contribution in [0.1, 0.15) is 32.6 Å². The van der Waals surface area contributed by atoms with Crippen molar-refractivity contribution in [3.8, 4) is 0 Å². The molecule has 0 aromatic heterocycles. The van der Waals surface area contributed by atoms with Gasteiger partial charge in [0.05, 0.1) is 5.41 Å². The Hall–Kier alpha value is -0.610. The molecule has 0 spiro atoms. The second kappa shape index (κ2) is 6.86. The Morgan fingerprint density at radius 3 is 2.62 bits per heavy atom. The Kier molecular flexibility index (Phi) is 5.77. The number of carbonyl (C=O) groups excluding carboxylic acids is 1. The van der Waals surface area contributed by atoms with Gasteiger partial charge in [-0.2, -0.15) is 0 Å². The molecular formula is C12H24N2O2. The molecular weight excluding hydrogens is 204 g/mol. The summed E-state index contributed by atoms with van der Waals surface area (Å²) >= 11 is 0. The predicted octanol–water partition coefficient (Wildman–Crippen LogP) is 0.919. The van der Waals surface area contributed by atoms with E-state index in [1.807, 2.05) is 0 Å². The van der Waals surface area contributed by atoms with Gasteiger partial charge in [-0.25, -0.2) is 0 Å². The van der Waals surface area contributed by atoms with Crippen LogP contribution in [0, 0.1) is 5.41 Å². The van der Waals surface area contributed by atoms with E-state index in [9.17, 15) is 4.79 Å². The zero-order chi connectivity index (χ0) is 11.9. The highest BCUT2D eigenvalue weighted by Gasteiger charge is 2.43. The third kappa shape index (κ3) is 3.46. The van der Waals surface area contributed by atoms with Crippen LogP contribution < -0.4 is 10.6 Å². The fourth-order valence-corrected chi connectivity index (χ4v) is 2.12. The topological polar surface area (TPSA) is 50.4 Å². The first kappa shape index (κ1) is 13.5. The summed E-state index contributed by atoms with van der Waals surface area (Å²) in [7, 11) is 1.69. The van der Waals surface area contributed by atoms with Crippen molar-refractivity contribution in [2.75, 3.05) is 33.4 Å². The normalized spacial score (nSPS) is 17.9. The van der Waals surface area contributed by atoms with Crippen LogP contribution in [-0.4, -0.2) is 39.3 Å². The molecule has 1 fully saturated rings. The van der Waals surface area contributed by atoms with Crippen LogP contribution in [-0.2, 0) is 9.53 Å². The van der Waals surface area contributed by atoms with Crippen molar-refractivity contribution in [2.45, 2.75) is 32.6 Å². The van der Waals surface area contributed by atoms with E-state index in [0.717, 1.165) is 38.9 Å².